The molecule has 1 unspecified atom stereocenters. The molecule has 2 aromatic carbocycles. The van der Waals surface area contributed by atoms with E-state index in [0.717, 1.165) is 57.1 Å². The summed E-state index contributed by atoms with van der Waals surface area (Å²) in [5, 5.41) is 10.4. The predicted molar refractivity (Wildman–Crippen MR) is 125 cm³/mol. The summed E-state index contributed by atoms with van der Waals surface area (Å²) in [5.74, 6) is 0. The second-order valence-electron chi connectivity index (χ2n) is 8.63. The first-order valence-corrected chi connectivity index (χ1v) is 11.7. The lowest BCUT2D eigenvalue weighted by Crippen LogP contribution is -2.58. The number of halogens is 1. The molecule has 0 amide bonds. The number of rotatable bonds is 7. The molecule has 2 saturated heterocycles. The quantitative estimate of drug-likeness (QED) is 0.725. The minimum absolute atomic E-state index is 0.273. The Labute approximate surface area is 186 Å². The fraction of sp³-hybridized carbons (Fsp3) is 0.520. The molecule has 2 aliphatic heterocycles. The van der Waals surface area contributed by atoms with Crippen molar-refractivity contribution in [3.8, 4) is 0 Å². The first-order chi connectivity index (χ1) is 14.7. The third-order valence-corrected chi connectivity index (χ3v) is 7.05. The summed E-state index contributed by atoms with van der Waals surface area (Å²) >= 11 is 6.04. The van der Waals surface area contributed by atoms with E-state index < -0.39 is 0 Å². The van der Waals surface area contributed by atoms with Crippen molar-refractivity contribution in [2.75, 3.05) is 50.8 Å². The lowest BCUT2D eigenvalue weighted by atomic mass is 9.99. The van der Waals surface area contributed by atoms with E-state index in [1.54, 1.807) is 0 Å². The van der Waals surface area contributed by atoms with Crippen molar-refractivity contribution < 1.29 is 5.11 Å². The summed E-state index contributed by atoms with van der Waals surface area (Å²) in [7, 11) is 0. The molecular weight excluding hydrogens is 394 g/mol. The highest BCUT2D eigenvalue weighted by atomic mass is 35.5. The summed E-state index contributed by atoms with van der Waals surface area (Å²) in [6, 6.07) is 20.1. The number of hydrogen-bond acceptors (Lipinski definition) is 4. The van der Waals surface area contributed by atoms with Crippen molar-refractivity contribution in [3.63, 3.8) is 0 Å². The normalized spacial score (nSPS) is 21.8. The number of nitrogens with zero attached hydrogens (tertiary/aromatic N) is 3. The topological polar surface area (TPSA) is 30.0 Å². The van der Waals surface area contributed by atoms with E-state index in [2.05, 4.69) is 57.2 Å². The highest BCUT2D eigenvalue weighted by Gasteiger charge is 2.32. The highest BCUT2D eigenvalue weighted by Crippen LogP contribution is 2.26. The van der Waals surface area contributed by atoms with Gasteiger partial charge in [0.1, 0.15) is 0 Å². The van der Waals surface area contributed by atoms with Gasteiger partial charge in [0.2, 0.25) is 0 Å². The van der Waals surface area contributed by atoms with E-state index in [1.165, 1.54) is 24.1 Å². The monoisotopic (exact) mass is 427 g/mol. The number of anilines is 1. The average Bonchev–Trinajstić information content (AvgIpc) is 2.80. The van der Waals surface area contributed by atoms with Crippen molar-refractivity contribution in [2.45, 2.75) is 37.8 Å². The van der Waals surface area contributed by atoms with E-state index in [4.69, 9.17) is 11.6 Å². The van der Waals surface area contributed by atoms with Gasteiger partial charge in [0.05, 0.1) is 0 Å². The number of hydrogen-bond donors (Lipinski definition) is 1. The second-order valence-corrected chi connectivity index (χ2v) is 9.06. The molecule has 0 aliphatic carbocycles. The second kappa shape index (κ2) is 10.6. The van der Waals surface area contributed by atoms with Crippen molar-refractivity contribution in [3.05, 3.63) is 65.2 Å². The molecule has 0 spiro atoms. The maximum Gasteiger partial charge on any atom is 0.0446 e. The third kappa shape index (κ3) is 5.55. The molecule has 162 valence electrons. The van der Waals surface area contributed by atoms with Gasteiger partial charge in [0.15, 0.2) is 0 Å². The number of aliphatic hydroxyl groups excluding tert-OH is 1. The number of piperidine rings is 1. The summed E-state index contributed by atoms with van der Waals surface area (Å²) in [6.07, 6.45) is 4.37. The Morgan fingerprint density at radius 1 is 0.900 bits per heavy atom. The van der Waals surface area contributed by atoms with Crippen LogP contribution in [-0.4, -0.2) is 72.9 Å². The van der Waals surface area contributed by atoms with Crippen LogP contribution in [0.1, 0.15) is 24.8 Å². The molecule has 0 saturated carbocycles. The van der Waals surface area contributed by atoms with Crippen LogP contribution in [-0.2, 0) is 6.42 Å². The van der Waals surface area contributed by atoms with Gasteiger partial charge in [-0.3, -0.25) is 9.80 Å². The summed E-state index contributed by atoms with van der Waals surface area (Å²) in [6.45, 7) is 6.89. The lowest BCUT2D eigenvalue weighted by molar-refractivity contribution is 0.0305. The smallest absolute Gasteiger partial charge is 0.0446 e. The van der Waals surface area contributed by atoms with Crippen molar-refractivity contribution in [1.29, 1.82) is 0 Å². The number of benzene rings is 2. The van der Waals surface area contributed by atoms with Crippen LogP contribution in [0.4, 0.5) is 5.69 Å². The van der Waals surface area contributed by atoms with E-state index in [9.17, 15) is 5.11 Å². The standard InChI is InChI=1S/C25H34ClN3O/c26-22-6-8-23(9-7-22)27-15-11-24(12-16-27)29-18-17-28(25(20-29)13-19-30)14-10-21-4-2-1-3-5-21/h1-9,24-25,30H,10-20H2. The van der Waals surface area contributed by atoms with E-state index in [0.29, 0.717) is 12.1 Å². The third-order valence-electron chi connectivity index (χ3n) is 6.80. The van der Waals surface area contributed by atoms with Gasteiger partial charge in [-0.1, -0.05) is 41.9 Å². The first kappa shape index (κ1) is 21.6. The lowest BCUT2D eigenvalue weighted by Gasteiger charge is -2.47. The van der Waals surface area contributed by atoms with Crippen LogP contribution in [0, 0.1) is 0 Å². The molecule has 1 N–H and O–H groups in total. The summed E-state index contributed by atoms with van der Waals surface area (Å²) in [5.41, 5.74) is 2.68. The van der Waals surface area contributed by atoms with Crippen LogP contribution in [0.25, 0.3) is 0 Å². The molecule has 0 aromatic heterocycles. The molecule has 4 rings (SSSR count). The molecule has 1 atom stereocenters. The minimum Gasteiger partial charge on any atom is -0.396 e. The fourth-order valence-electron chi connectivity index (χ4n) is 5.02. The van der Waals surface area contributed by atoms with Gasteiger partial charge in [0, 0.05) is 68.7 Å². The Bertz CT molecular complexity index is 762. The molecule has 2 heterocycles. The molecule has 2 aliphatic rings. The number of piperazine rings is 1. The van der Waals surface area contributed by atoms with Gasteiger partial charge in [-0.15, -0.1) is 0 Å². The van der Waals surface area contributed by atoms with Gasteiger partial charge in [-0.05, 0) is 55.5 Å². The highest BCUT2D eigenvalue weighted by molar-refractivity contribution is 6.30. The predicted octanol–water partition coefficient (Wildman–Crippen LogP) is 3.92. The van der Waals surface area contributed by atoms with Gasteiger partial charge < -0.3 is 10.0 Å². The molecule has 0 radical (unpaired) electrons. The van der Waals surface area contributed by atoms with Crippen LogP contribution < -0.4 is 4.90 Å². The van der Waals surface area contributed by atoms with Crippen LogP contribution >= 0.6 is 11.6 Å². The molecular formula is C25H34ClN3O. The SMILES string of the molecule is OCCC1CN(C2CCN(c3ccc(Cl)cc3)CC2)CCN1CCc1ccccc1. The maximum absolute atomic E-state index is 9.64. The zero-order valence-electron chi connectivity index (χ0n) is 17.8. The van der Waals surface area contributed by atoms with Crippen LogP contribution in [0.2, 0.25) is 5.02 Å². The molecule has 4 nitrogen and oxygen atoms in total. The first-order valence-electron chi connectivity index (χ1n) is 11.4. The van der Waals surface area contributed by atoms with E-state index in [1.807, 2.05) is 12.1 Å². The zero-order chi connectivity index (χ0) is 20.8. The zero-order valence-corrected chi connectivity index (χ0v) is 18.6. The molecule has 5 heteroatoms. The van der Waals surface area contributed by atoms with Crippen LogP contribution in [0.15, 0.2) is 54.6 Å². The van der Waals surface area contributed by atoms with Crippen molar-refractivity contribution in [2.24, 2.45) is 0 Å². The Hall–Kier alpha value is -1.59. The van der Waals surface area contributed by atoms with E-state index in [-0.39, 0.29) is 6.61 Å². The van der Waals surface area contributed by atoms with Gasteiger partial charge in [-0.2, -0.15) is 0 Å². The van der Waals surface area contributed by atoms with Gasteiger partial charge in [-0.25, -0.2) is 0 Å². The Morgan fingerprint density at radius 2 is 1.63 bits per heavy atom. The van der Waals surface area contributed by atoms with Gasteiger partial charge in [0.25, 0.3) is 0 Å². The number of aliphatic hydroxyl groups is 1. The molecule has 0 bridgehead atoms. The maximum atomic E-state index is 9.64. The Kier molecular flexibility index (Phi) is 7.67. The van der Waals surface area contributed by atoms with Crippen molar-refractivity contribution >= 4 is 17.3 Å². The van der Waals surface area contributed by atoms with Gasteiger partial charge >= 0.3 is 0 Å². The Morgan fingerprint density at radius 3 is 2.33 bits per heavy atom. The molecule has 30 heavy (non-hydrogen) atoms. The molecule has 2 aromatic rings. The molecule has 2 fully saturated rings. The minimum atomic E-state index is 0.273. The summed E-state index contributed by atoms with van der Waals surface area (Å²) < 4.78 is 0. The van der Waals surface area contributed by atoms with Crippen molar-refractivity contribution in [1.82, 2.24) is 9.80 Å². The van der Waals surface area contributed by atoms with Crippen LogP contribution in [0.5, 0.6) is 0 Å². The van der Waals surface area contributed by atoms with Crippen LogP contribution in [0.3, 0.4) is 0 Å². The Balaban J connectivity index is 1.29. The fourth-order valence-corrected chi connectivity index (χ4v) is 5.15. The summed E-state index contributed by atoms with van der Waals surface area (Å²) in [4.78, 5) is 7.77. The van der Waals surface area contributed by atoms with E-state index >= 15 is 0 Å². The largest absolute Gasteiger partial charge is 0.396 e. The average molecular weight is 428 g/mol.